The van der Waals surface area contributed by atoms with Crippen molar-refractivity contribution in [3.05, 3.63) is 59.4 Å². The molecule has 0 saturated heterocycles. The van der Waals surface area contributed by atoms with Gasteiger partial charge in [0.25, 0.3) is 5.69 Å². The smallest absolute Gasteiger partial charge is 0.273 e. The first kappa shape index (κ1) is 23.2. The van der Waals surface area contributed by atoms with Crippen LogP contribution in [0.3, 0.4) is 0 Å². The number of aromatic nitrogens is 1. The predicted octanol–water partition coefficient (Wildman–Crippen LogP) is 1.71. The molecule has 10 heteroatoms. The van der Waals surface area contributed by atoms with Gasteiger partial charge in [0.2, 0.25) is 15.9 Å². The predicted molar refractivity (Wildman–Crippen MR) is 115 cm³/mol. The van der Waals surface area contributed by atoms with Gasteiger partial charge in [-0.3, -0.25) is 20.4 Å². The van der Waals surface area contributed by atoms with E-state index in [1.165, 1.54) is 24.3 Å². The first-order valence-electron chi connectivity index (χ1n) is 10.1. The van der Waals surface area contributed by atoms with Gasteiger partial charge in [-0.05, 0) is 61.9 Å². The van der Waals surface area contributed by atoms with Crippen LogP contribution in [0, 0.1) is 11.8 Å². The van der Waals surface area contributed by atoms with Gasteiger partial charge in [-0.1, -0.05) is 11.6 Å². The second-order valence-electron chi connectivity index (χ2n) is 7.66. The first-order valence-corrected chi connectivity index (χ1v) is 11.9. The highest BCUT2D eigenvalue weighted by Crippen LogP contribution is 2.28. The minimum absolute atomic E-state index is 0.157. The molecule has 0 unspecified atom stereocenters. The number of hydrazine groups is 1. The Balaban J connectivity index is 1.43. The topological polar surface area (TPSA) is 108 Å². The maximum Gasteiger partial charge on any atom is 0.334 e. The minimum Gasteiger partial charge on any atom is -0.273 e. The first-order chi connectivity index (χ1) is 14.8. The Morgan fingerprint density at radius 2 is 1.71 bits per heavy atom. The molecule has 8 nitrogen and oxygen atoms in total. The third kappa shape index (κ3) is 6.25. The van der Waals surface area contributed by atoms with E-state index in [2.05, 4.69) is 15.6 Å². The average Bonchev–Trinajstić information content (AvgIpc) is 2.77. The van der Waals surface area contributed by atoms with E-state index in [0.717, 1.165) is 12.8 Å². The number of sulfonamides is 1. The maximum absolute atomic E-state index is 12.4. The van der Waals surface area contributed by atoms with Gasteiger partial charge in [0.05, 0.1) is 4.90 Å². The summed E-state index contributed by atoms with van der Waals surface area (Å²) in [4.78, 5) is 24.8. The number of rotatable bonds is 6. The molecule has 3 rings (SSSR count). The molecule has 31 heavy (non-hydrogen) atoms. The Morgan fingerprint density at radius 1 is 1.03 bits per heavy atom. The van der Waals surface area contributed by atoms with Crippen LogP contribution in [0.5, 0.6) is 0 Å². The molecule has 0 radical (unpaired) electrons. The maximum atomic E-state index is 12.4. The van der Waals surface area contributed by atoms with Crippen molar-refractivity contribution < 1.29 is 22.6 Å². The van der Waals surface area contributed by atoms with Crippen molar-refractivity contribution in [2.24, 2.45) is 18.9 Å². The number of benzene rings is 1. The summed E-state index contributed by atoms with van der Waals surface area (Å²) < 4.78 is 29.1. The van der Waals surface area contributed by atoms with Crippen molar-refractivity contribution in [2.45, 2.75) is 30.6 Å². The molecule has 0 bridgehead atoms. The van der Waals surface area contributed by atoms with Crippen molar-refractivity contribution in [2.75, 3.05) is 6.54 Å². The van der Waals surface area contributed by atoms with Crippen molar-refractivity contribution >= 4 is 33.4 Å². The van der Waals surface area contributed by atoms with Crippen LogP contribution in [0.25, 0.3) is 0 Å². The molecule has 166 valence electrons. The number of hydrogen-bond donors (Lipinski definition) is 3. The van der Waals surface area contributed by atoms with Gasteiger partial charge in [0, 0.05) is 29.6 Å². The highest BCUT2D eigenvalue weighted by molar-refractivity contribution is 7.89. The summed E-state index contributed by atoms with van der Waals surface area (Å²) in [6.07, 6.45) is 4.47. The van der Waals surface area contributed by atoms with E-state index >= 15 is 0 Å². The number of hydrogen-bond acceptors (Lipinski definition) is 4. The van der Waals surface area contributed by atoms with Crippen molar-refractivity contribution in [3.63, 3.8) is 0 Å². The Hall–Kier alpha value is -2.49. The summed E-state index contributed by atoms with van der Waals surface area (Å²) in [7, 11) is -1.84. The summed E-state index contributed by atoms with van der Waals surface area (Å²) in [5.41, 5.74) is 5.39. The molecule has 0 aliphatic heterocycles. The van der Waals surface area contributed by atoms with Gasteiger partial charge in [-0.25, -0.2) is 13.1 Å². The molecule has 3 N–H and O–H groups in total. The Kier molecular flexibility index (Phi) is 7.64. The number of pyridine rings is 1. The molecule has 1 aliphatic rings. The lowest BCUT2D eigenvalue weighted by molar-refractivity contribution is -0.673. The number of carbonyl (C=O) groups excluding carboxylic acids is 2. The molecule has 0 spiro atoms. The molecular formula is C21H26ClN4O4S+. The molecule has 2 aromatic rings. The van der Waals surface area contributed by atoms with Crippen molar-refractivity contribution in [1.29, 1.82) is 0 Å². The SMILES string of the molecule is C[n+]1ccccc1C(=O)NNC(=O)C1CCC(CNS(=O)(=O)c2ccc(Cl)cc2)CC1. The fourth-order valence-corrected chi connectivity index (χ4v) is 4.84. The second-order valence-corrected chi connectivity index (χ2v) is 9.87. The van der Waals surface area contributed by atoms with Gasteiger partial charge in [0.15, 0.2) is 6.20 Å². The van der Waals surface area contributed by atoms with E-state index in [9.17, 15) is 18.0 Å². The van der Waals surface area contributed by atoms with E-state index in [0.29, 0.717) is 30.1 Å². The average molecular weight is 466 g/mol. The Morgan fingerprint density at radius 3 is 2.35 bits per heavy atom. The second kappa shape index (κ2) is 10.2. The molecule has 1 aromatic carbocycles. The van der Waals surface area contributed by atoms with Crippen molar-refractivity contribution in [1.82, 2.24) is 15.6 Å². The quantitative estimate of drug-likeness (QED) is 0.445. The third-order valence-corrected chi connectivity index (χ3v) is 7.18. The number of halogens is 1. The van der Waals surface area contributed by atoms with E-state index < -0.39 is 10.0 Å². The molecule has 2 amide bonds. The standard InChI is InChI=1S/C21H25ClN4O4S/c1-26-13-3-2-4-19(26)21(28)25-24-20(27)16-7-5-15(6-8-16)14-23-31(29,30)18-11-9-17(22)10-12-18/h2-4,9-13,15-16,23,28H,5-8,14H2,1H3/p+1. The number of aryl methyl sites for hydroxylation is 1. The van der Waals surface area contributed by atoms with E-state index in [4.69, 9.17) is 11.6 Å². The number of carbonyl (C=O) groups is 2. The monoisotopic (exact) mass is 465 g/mol. The zero-order valence-electron chi connectivity index (χ0n) is 17.2. The summed E-state index contributed by atoms with van der Waals surface area (Å²) in [6.45, 7) is 0.320. The third-order valence-electron chi connectivity index (χ3n) is 5.49. The molecule has 0 atom stereocenters. The van der Waals surface area contributed by atoms with Crippen LogP contribution in [0.15, 0.2) is 53.6 Å². The minimum atomic E-state index is -3.59. The summed E-state index contributed by atoms with van der Waals surface area (Å²) >= 11 is 5.81. The van der Waals surface area contributed by atoms with Crippen LogP contribution in [-0.4, -0.2) is 26.8 Å². The number of nitrogens with zero attached hydrogens (tertiary/aromatic N) is 1. The largest absolute Gasteiger partial charge is 0.334 e. The van der Waals surface area contributed by atoms with E-state index in [1.807, 2.05) is 6.07 Å². The number of nitrogens with one attached hydrogen (secondary N) is 3. The normalized spacial score (nSPS) is 18.9. The molecule has 1 saturated carbocycles. The Labute approximate surface area is 187 Å². The van der Waals surface area contributed by atoms with Gasteiger partial charge in [-0.15, -0.1) is 0 Å². The molecule has 1 aromatic heterocycles. The fourth-order valence-electron chi connectivity index (χ4n) is 3.60. The fraction of sp³-hybridized carbons (Fsp3) is 0.381. The molecule has 1 aliphatic carbocycles. The lowest BCUT2D eigenvalue weighted by Crippen LogP contribution is -2.49. The van der Waals surface area contributed by atoms with Crippen LogP contribution >= 0.6 is 11.6 Å². The van der Waals surface area contributed by atoms with Crippen LogP contribution in [0.1, 0.15) is 36.2 Å². The molecule has 1 heterocycles. The zero-order chi connectivity index (χ0) is 22.4. The summed E-state index contributed by atoms with van der Waals surface area (Å²) in [5, 5.41) is 0.476. The summed E-state index contributed by atoms with van der Waals surface area (Å²) in [6, 6.07) is 11.2. The van der Waals surface area contributed by atoms with Crippen LogP contribution in [0.4, 0.5) is 0 Å². The van der Waals surface area contributed by atoms with Gasteiger partial charge >= 0.3 is 5.91 Å². The van der Waals surface area contributed by atoms with Crippen LogP contribution in [0.2, 0.25) is 5.02 Å². The van der Waals surface area contributed by atoms with Crippen molar-refractivity contribution in [3.8, 4) is 0 Å². The Bertz CT molecular complexity index is 1040. The van der Waals surface area contributed by atoms with Gasteiger partial charge in [-0.2, -0.15) is 4.57 Å². The van der Waals surface area contributed by atoms with Crippen LogP contribution < -0.4 is 20.1 Å². The van der Waals surface area contributed by atoms with Gasteiger partial charge < -0.3 is 0 Å². The number of amides is 2. The van der Waals surface area contributed by atoms with E-state index in [1.54, 1.807) is 29.9 Å². The highest BCUT2D eigenvalue weighted by Gasteiger charge is 2.28. The lowest BCUT2D eigenvalue weighted by atomic mass is 9.82. The van der Waals surface area contributed by atoms with Crippen LogP contribution in [-0.2, 0) is 21.9 Å². The zero-order valence-corrected chi connectivity index (χ0v) is 18.7. The molecular weight excluding hydrogens is 440 g/mol. The lowest BCUT2D eigenvalue weighted by Gasteiger charge is -2.27. The van der Waals surface area contributed by atoms with E-state index in [-0.39, 0.29) is 28.5 Å². The molecule has 1 fully saturated rings. The summed E-state index contributed by atoms with van der Waals surface area (Å²) in [5.74, 6) is -0.674. The highest BCUT2D eigenvalue weighted by atomic mass is 35.5. The van der Waals surface area contributed by atoms with Gasteiger partial charge in [0.1, 0.15) is 7.05 Å².